The number of hydrogen-bond donors (Lipinski definition) is 0. The number of hydrogen-bond acceptors (Lipinski definition) is 4. The van der Waals surface area contributed by atoms with E-state index in [1.54, 1.807) is 0 Å². The number of benzene rings is 2. The molecule has 0 heterocycles. The molecule has 0 spiro atoms. The average molecular weight is 532 g/mol. The maximum absolute atomic E-state index is 12.4. The summed E-state index contributed by atoms with van der Waals surface area (Å²) >= 11 is 0. The number of aryl methyl sites for hydroxylation is 1. The molecule has 2 aromatic rings. The van der Waals surface area contributed by atoms with Gasteiger partial charge in [0.15, 0.2) is 0 Å². The minimum absolute atomic E-state index is 0.173. The van der Waals surface area contributed by atoms with Crippen molar-refractivity contribution in [2.75, 3.05) is 0 Å². The largest absolute Gasteiger partial charge is 0.514 e. The molecule has 4 nitrogen and oxygen atoms in total. The van der Waals surface area contributed by atoms with Gasteiger partial charge in [-0.15, -0.1) is 0 Å². The van der Waals surface area contributed by atoms with Gasteiger partial charge in [0.25, 0.3) is 0 Å². The lowest BCUT2D eigenvalue weighted by Crippen LogP contribution is -2.32. The van der Waals surface area contributed by atoms with Crippen LogP contribution in [-0.4, -0.2) is 12.3 Å². The molecule has 1 fully saturated rings. The van der Waals surface area contributed by atoms with Crippen LogP contribution in [0.25, 0.3) is 11.1 Å². The highest BCUT2D eigenvalue weighted by atomic mass is 16.7. The van der Waals surface area contributed by atoms with Gasteiger partial charge in [-0.25, -0.2) is 4.79 Å². The van der Waals surface area contributed by atoms with Gasteiger partial charge in [0.05, 0.1) is 11.5 Å². The van der Waals surface area contributed by atoms with E-state index in [9.17, 15) is 10.1 Å². The Morgan fingerprint density at radius 1 is 0.795 bits per heavy atom. The molecule has 0 aliphatic heterocycles. The van der Waals surface area contributed by atoms with Crippen LogP contribution in [0.2, 0.25) is 0 Å². The average Bonchev–Trinajstić information content (AvgIpc) is 2.96. The molecule has 0 radical (unpaired) electrons. The molecule has 0 N–H and O–H groups in total. The maximum Gasteiger partial charge on any atom is 0.514 e. The third-order valence-corrected chi connectivity index (χ3v) is 8.31. The van der Waals surface area contributed by atoms with Gasteiger partial charge < -0.3 is 9.47 Å². The normalized spacial score (nSPS) is 18.8. The Hall–Kier alpha value is -2.80. The molecule has 0 saturated heterocycles. The second-order valence-corrected chi connectivity index (χ2v) is 11.5. The molecule has 0 aromatic heterocycles. The zero-order valence-electron chi connectivity index (χ0n) is 24.4. The molecule has 3 rings (SSSR count). The van der Waals surface area contributed by atoms with E-state index in [4.69, 9.17) is 9.47 Å². The summed E-state index contributed by atoms with van der Waals surface area (Å²) in [5, 5.41) is 9.81. The maximum atomic E-state index is 12.4. The number of ether oxygens (including phenoxy) is 2. The third-order valence-electron chi connectivity index (χ3n) is 8.31. The fourth-order valence-electron chi connectivity index (χ4n) is 5.69. The molecule has 1 aliphatic carbocycles. The molecule has 0 atom stereocenters. The van der Waals surface area contributed by atoms with Crippen LogP contribution in [0.4, 0.5) is 4.79 Å². The van der Waals surface area contributed by atoms with E-state index in [0.717, 1.165) is 56.1 Å². The molecule has 4 heteroatoms. The first-order chi connectivity index (χ1) is 19.1. The van der Waals surface area contributed by atoms with Crippen molar-refractivity contribution in [3.8, 4) is 22.9 Å². The second kappa shape index (κ2) is 17.0. The van der Waals surface area contributed by atoms with Crippen molar-refractivity contribution in [3.63, 3.8) is 0 Å². The summed E-state index contributed by atoms with van der Waals surface area (Å²) in [4.78, 5) is 12.4. The van der Waals surface area contributed by atoms with Crippen molar-refractivity contribution in [1.82, 2.24) is 0 Å². The van der Waals surface area contributed by atoms with Gasteiger partial charge in [0.2, 0.25) is 0 Å². The molecular formula is C35H49NO3. The lowest BCUT2D eigenvalue weighted by Gasteiger charge is -2.34. The van der Waals surface area contributed by atoms with Crippen molar-refractivity contribution in [1.29, 1.82) is 5.26 Å². The van der Waals surface area contributed by atoms with Gasteiger partial charge in [-0.05, 0) is 73.8 Å². The molecular weight excluding hydrogens is 482 g/mol. The van der Waals surface area contributed by atoms with Gasteiger partial charge in [0.1, 0.15) is 11.9 Å². The van der Waals surface area contributed by atoms with E-state index in [0.29, 0.717) is 5.75 Å². The summed E-state index contributed by atoms with van der Waals surface area (Å²) in [5.74, 6) is 0.484. The Labute approximate surface area is 237 Å². The topological polar surface area (TPSA) is 59.3 Å². The fraction of sp³-hybridized carbons (Fsp3) is 0.600. The Balaban J connectivity index is 1.39. The number of nitriles is 1. The number of unbranched alkanes of at least 4 members (excludes halogenated alkanes) is 9. The van der Waals surface area contributed by atoms with Gasteiger partial charge in [0, 0.05) is 0 Å². The van der Waals surface area contributed by atoms with Crippen LogP contribution in [0.3, 0.4) is 0 Å². The van der Waals surface area contributed by atoms with Crippen molar-refractivity contribution in [2.45, 2.75) is 129 Å². The first-order valence-electron chi connectivity index (χ1n) is 15.6. The Kier molecular flexibility index (Phi) is 13.4. The molecule has 0 unspecified atom stereocenters. The standard InChI is InChI=1S/C35H49NO3/c1-3-5-7-9-10-12-14-29-15-17-30(18-16-29)31-19-21-32(22-20-31)38-34(37)39-33-23-26-35(28-36,27-24-33)25-13-11-8-6-4-2/h15-22,33H,3-14,23-27H2,1-2H3. The summed E-state index contributed by atoms with van der Waals surface area (Å²) < 4.78 is 11.1. The molecule has 1 saturated carbocycles. The molecule has 212 valence electrons. The SMILES string of the molecule is CCCCCCCCc1ccc(-c2ccc(OC(=O)OC3CCC(C#N)(CCCCCCC)CC3)cc2)cc1. The zero-order valence-corrected chi connectivity index (χ0v) is 24.4. The predicted molar refractivity (Wildman–Crippen MR) is 160 cm³/mol. The zero-order chi connectivity index (χ0) is 27.8. The van der Waals surface area contributed by atoms with Crippen LogP contribution in [0, 0.1) is 16.7 Å². The Morgan fingerprint density at radius 2 is 1.33 bits per heavy atom. The quantitative estimate of drug-likeness (QED) is 0.123. The van der Waals surface area contributed by atoms with E-state index >= 15 is 0 Å². The first-order valence-corrected chi connectivity index (χ1v) is 15.6. The summed E-state index contributed by atoms with van der Waals surface area (Å²) in [6.45, 7) is 4.47. The monoisotopic (exact) mass is 531 g/mol. The number of carbonyl (C=O) groups excluding carboxylic acids is 1. The summed E-state index contributed by atoms with van der Waals surface area (Å²) in [6.07, 6.45) is 18.3. The highest BCUT2D eigenvalue weighted by molar-refractivity contribution is 5.67. The second-order valence-electron chi connectivity index (χ2n) is 11.5. The lowest BCUT2D eigenvalue weighted by molar-refractivity contribution is 0.0236. The van der Waals surface area contributed by atoms with Gasteiger partial charge in [-0.2, -0.15) is 5.26 Å². The first kappa shape index (κ1) is 30.7. The summed E-state index contributed by atoms with van der Waals surface area (Å²) in [6, 6.07) is 19.0. The van der Waals surface area contributed by atoms with E-state index in [-0.39, 0.29) is 11.5 Å². The minimum Gasteiger partial charge on any atom is -0.431 e. The van der Waals surface area contributed by atoms with Crippen LogP contribution in [0.5, 0.6) is 5.75 Å². The lowest BCUT2D eigenvalue weighted by atomic mass is 9.71. The third kappa shape index (κ3) is 10.7. The Bertz CT molecular complexity index is 998. The van der Waals surface area contributed by atoms with E-state index in [2.05, 4.69) is 44.2 Å². The van der Waals surface area contributed by atoms with Crippen molar-refractivity contribution >= 4 is 6.16 Å². The van der Waals surface area contributed by atoms with Crippen LogP contribution in [0.15, 0.2) is 48.5 Å². The number of carbonyl (C=O) groups is 1. The molecule has 0 bridgehead atoms. The van der Waals surface area contributed by atoms with E-state index in [1.165, 1.54) is 69.8 Å². The van der Waals surface area contributed by atoms with E-state index < -0.39 is 6.16 Å². The number of nitrogens with zero attached hydrogens (tertiary/aromatic N) is 1. The minimum atomic E-state index is -0.657. The molecule has 1 aliphatic rings. The summed E-state index contributed by atoms with van der Waals surface area (Å²) in [5.41, 5.74) is 3.39. The van der Waals surface area contributed by atoms with Gasteiger partial charge in [-0.1, -0.05) is 114 Å². The molecule has 2 aromatic carbocycles. The highest BCUT2D eigenvalue weighted by Crippen LogP contribution is 2.41. The Morgan fingerprint density at radius 3 is 1.92 bits per heavy atom. The van der Waals surface area contributed by atoms with Crippen molar-refractivity contribution < 1.29 is 14.3 Å². The summed E-state index contributed by atoms with van der Waals surface area (Å²) in [7, 11) is 0. The van der Waals surface area contributed by atoms with E-state index in [1.807, 2.05) is 24.3 Å². The molecule has 0 amide bonds. The molecule has 39 heavy (non-hydrogen) atoms. The highest BCUT2D eigenvalue weighted by Gasteiger charge is 2.36. The van der Waals surface area contributed by atoms with Crippen molar-refractivity contribution in [2.24, 2.45) is 5.41 Å². The van der Waals surface area contributed by atoms with Crippen molar-refractivity contribution in [3.05, 3.63) is 54.1 Å². The van der Waals surface area contributed by atoms with Crippen LogP contribution in [-0.2, 0) is 11.2 Å². The van der Waals surface area contributed by atoms with Crippen LogP contribution in [0.1, 0.15) is 122 Å². The smallest absolute Gasteiger partial charge is 0.431 e. The van der Waals surface area contributed by atoms with Gasteiger partial charge >= 0.3 is 6.16 Å². The predicted octanol–water partition coefficient (Wildman–Crippen LogP) is 10.6. The van der Waals surface area contributed by atoms with Gasteiger partial charge in [-0.3, -0.25) is 0 Å². The van der Waals surface area contributed by atoms with Crippen LogP contribution < -0.4 is 4.74 Å². The number of rotatable bonds is 16. The van der Waals surface area contributed by atoms with Crippen LogP contribution >= 0.6 is 0 Å². The fourth-order valence-corrected chi connectivity index (χ4v) is 5.69.